The molecule has 8 nitrogen and oxygen atoms in total. The number of rotatable bonds is 5. The van der Waals surface area contributed by atoms with Crippen LogP contribution in [0.5, 0.6) is 0 Å². The monoisotopic (exact) mass is 298 g/mol. The lowest BCUT2D eigenvalue weighted by molar-refractivity contribution is -0.386. The third kappa shape index (κ3) is 2.87. The standard InChI is InChI=1S/C11H14N4O4S/c1-8(6-7-12)14(2)20(18,19)10-5-3-4-9(13)11(10)15(16)17/h3-5,8H,6,13H2,1-2H3. The molecule has 2 N–H and O–H groups in total. The van der Waals surface area contributed by atoms with Crippen molar-refractivity contribution >= 4 is 21.4 Å². The van der Waals surface area contributed by atoms with Crippen LogP contribution in [0, 0.1) is 21.4 Å². The van der Waals surface area contributed by atoms with Gasteiger partial charge in [0.05, 0.1) is 17.4 Å². The van der Waals surface area contributed by atoms with Crippen molar-refractivity contribution < 1.29 is 13.3 Å². The SMILES string of the molecule is CC(CC#N)N(C)S(=O)(=O)c1cccc(N)c1[N+](=O)[O-]. The molecule has 0 spiro atoms. The number of para-hydroxylation sites is 1. The maximum atomic E-state index is 12.4. The molecule has 9 heteroatoms. The maximum Gasteiger partial charge on any atom is 0.312 e. The summed E-state index contributed by atoms with van der Waals surface area (Å²) in [6, 6.07) is 4.97. The van der Waals surface area contributed by atoms with Crippen molar-refractivity contribution in [2.75, 3.05) is 12.8 Å². The first-order valence-electron chi connectivity index (χ1n) is 5.61. The zero-order valence-corrected chi connectivity index (χ0v) is 11.8. The van der Waals surface area contributed by atoms with Crippen LogP contribution in [0.15, 0.2) is 23.1 Å². The molecule has 1 unspecified atom stereocenters. The van der Waals surface area contributed by atoms with E-state index >= 15 is 0 Å². The molecule has 20 heavy (non-hydrogen) atoms. The molecular formula is C11H14N4O4S. The Morgan fingerprint density at radius 2 is 2.15 bits per heavy atom. The third-order valence-electron chi connectivity index (χ3n) is 2.88. The van der Waals surface area contributed by atoms with E-state index in [2.05, 4.69) is 0 Å². The average Bonchev–Trinajstić information content (AvgIpc) is 2.37. The lowest BCUT2D eigenvalue weighted by atomic mass is 10.3. The molecule has 0 aliphatic rings. The molecule has 0 heterocycles. The number of hydrogen-bond acceptors (Lipinski definition) is 6. The summed E-state index contributed by atoms with van der Waals surface area (Å²) < 4.78 is 25.7. The lowest BCUT2D eigenvalue weighted by Gasteiger charge is -2.22. The van der Waals surface area contributed by atoms with E-state index in [1.165, 1.54) is 19.2 Å². The van der Waals surface area contributed by atoms with E-state index in [-0.39, 0.29) is 12.1 Å². The van der Waals surface area contributed by atoms with Gasteiger partial charge in [0, 0.05) is 13.1 Å². The highest BCUT2D eigenvalue weighted by atomic mass is 32.2. The highest BCUT2D eigenvalue weighted by Gasteiger charge is 2.33. The van der Waals surface area contributed by atoms with E-state index in [1.807, 2.05) is 6.07 Å². The van der Waals surface area contributed by atoms with Gasteiger partial charge in [-0.25, -0.2) is 8.42 Å². The molecule has 0 fully saturated rings. The molecular weight excluding hydrogens is 284 g/mol. The van der Waals surface area contributed by atoms with E-state index in [9.17, 15) is 18.5 Å². The molecule has 108 valence electrons. The van der Waals surface area contributed by atoms with Crippen LogP contribution in [-0.4, -0.2) is 30.7 Å². The topological polar surface area (TPSA) is 130 Å². The average molecular weight is 298 g/mol. The summed E-state index contributed by atoms with van der Waals surface area (Å²) in [6.45, 7) is 1.54. The van der Waals surface area contributed by atoms with Gasteiger partial charge in [-0.05, 0) is 19.1 Å². The Morgan fingerprint density at radius 1 is 1.55 bits per heavy atom. The molecule has 0 aromatic heterocycles. The van der Waals surface area contributed by atoms with Crippen LogP contribution in [0.2, 0.25) is 0 Å². The summed E-state index contributed by atoms with van der Waals surface area (Å²) in [6.07, 6.45) is -0.0220. The van der Waals surface area contributed by atoms with Gasteiger partial charge in [-0.2, -0.15) is 9.57 Å². The minimum absolute atomic E-state index is 0.0220. The number of nitrogen functional groups attached to an aromatic ring is 1. The van der Waals surface area contributed by atoms with Crippen molar-refractivity contribution in [3.63, 3.8) is 0 Å². The lowest BCUT2D eigenvalue weighted by Crippen LogP contribution is -2.35. The number of anilines is 1. The minimum Gasteiger partial charge on any atom is -0.393 e. The van der Waals surface area contributed by atoms with Crippen molar-refractivity contribution in [3.05, 3.63) is 28.3 Å². The van der Waals surface area contributed by atoms with E-state index in [0.29, 0.717) is 0 Å². The van der Waals surface area contributed by atoms with Crippen molar-refractivity contribution in [2.24, 2.45) is 0 Å². The van der Waals surface area contributed by atoms with Gasteiger partial charge in [-0.3, -0.25) is 10.1 Å². The van der Waals surface area contributed by atoms with E-state index in [4.69, 9.17) is 11.0 Å². The van der Waals surface area contributed by atoms with Crippen molar-refractivity contribution in [3.8, 4) is 6.07 Å². The van der Waals surface area contributed by atoms with Gasteiger partial charge in [0.15, 0.2) is 4.90 Å². The smallest absolute Gasteiger partial charge is 0.312 e. The number of benzene rings is 1. The summed E-state index contributed by atoms with van der Waals surface area (Å²) in [4.78, 5) is 9.69. The number of nitro groups is 1. The number of nitriles is 1. The van der Waals surface area contributed by atoms with Gasteiger partial charge in [0.2, 0.25) is 10.0 Å². The van der Waals surface area contributed by atoms with Crippen LogP contribution in [0.25, 0.3) is 0 Å². The zero-order chi connectivity index (χ0) is 15.5. The highest BCUT2D eigenvalue weighted by Crippen LogP contribution is 2.32. The molecule has 1 rings (SSSR count). The number of nitro benzene ring substituents is 1. The minimum atomic E-state index is -4.10. The molecule has 0 radical (unpaired) electrons. The molecule has 0 aliphatic carbocycles. The van der Waals surface area contributed by atoms with Gasteiger partial charge in [0.25, 0.3) is 0 Å². The van der Waals surface area contributed by atoms with Crippen molar-refractivity contribution in [1.82, 2.24) is 4.31 Å². The van der Waals surface area contributed by atoms with Crippen molar-refractivity contribution in [2.45, 2.75) is 24.3 Å². The molecule has 0 aliphatic heterocycles. The number of nitrogens with zero attached hydrogens (tertiary/aromatic N) is 3. The Hall–Kier alpha value is -2.18. The third-order valence-corrected chi connectivity index (χ3v) is 4.88. The Balaban J connectivity index is 3.41. The van der Waals surface area contributed by atoms with E-state index < -0.39 is 31.6 Å². The van der Waals surface area contributed by atoms with Crippen LogP contribution in [0.4, 0.5) is 11.4 Å². The maximum absolute atomic E-state index is 12.4. The van der Waals surface area contributed by atoms with Gasteiger partial charge in [-0.1, -0.05) is 6.07 Å². The van der Waals surface area contributed by atoms with Crippen molar-refractivity contribution in [1.29, 1.82) is 5.26 Å². The van der Waals surface area contributed by atoms with Gasteiger partial charge < -0.3 is 5.73 Å². The van der Waals surface area contributed by atoms with Gasteiger partial charge >= 0.3 is 5.69 Å². The van der Waals surface area contributed by atoms with E-state index in [0.717, 1.165) is 10.4 Å². The van der Waals surface area contributed by atoms with E-state index in [1.54, 1.807) is 6.92 Å². The number of nitrogens with two attached hydrogens (primary N) is 1. The zero-order valence-electron chi connectivity index (χ0n) is 11.0. The fraction of sp³-hybridized carbons (Fsp3) is 0.364. The van der Waals surface area contributed by atoms with Crippen LogP contribution < -0.4 is 5.73 Å². The largest absolute Gasteiger partial charge is 0.393 e. The predicted molar refractivity (Wildman–Crippen MR) is 72.1 cm³/mol. The molecule has 1 aromatic carbocycles. The Bertz CT molecular complexity index is 665. The molecule has 1 aromatic rings. The second-order valence-corrected chi connectivity index (χ2v) is 6.15. The van der Waals surface area contributed by atoms with Crippen LogP contribution in [0.1, 0.15) is 13.3 Å². The summed E-state index contributed by atoms with van der Waals surface area (Å²) in [7, 11) is -2.83. The second kappa shape index (κ2) is 5.85. The quantitative estimate of drug-likeness (QED) is 0.492. The summed E-state index contributed by atoms with van der Waals surface area (Å²) in [5, 5.41) is 19.6. The molecule has 0 saturated carbocycles. The summed E-state index contributed by atoms with van der Waals surface area (Å²) >= 11 is 0. The first-order valence-corrected chi connectivity index (χ1v) is 7.05. The van der Waals surface area contributed by atoms with Gasteiger partial charge in [-0.15, -0.1) is 0 Å². The number of hydrogen-bond donors (Lipinski definition) is 1. The van der Waals surface area contributed by atoms with Crippen LogP contribution in [-0.2, 0) is 10.0 Å². The van der Waals surface area contributed by atoms with Crippen LogP contribution >= 0.6 is 0 Å². The fourth-order valence-corrected chi connectivity index (χ4v) is 3.14. The predicted octanol–water partition coefficient (Wildman–Crippen LogP) is 1.10. The second-order valence-electron chi connectivity index (χ2n) is 4.18. The Morgan fingerprint density at radius 3 is 2.65 bits per heavy atom. The van der Waals surface area contributed by atoms with Crippen LogP contribution in [0.3, 0.4) is 0 Å². The summed E-state index contributed by atoms with van der Waals surface area (Å²) in [5.74, 6) is 0. The fourth-order valence-electron chi connectivity index (χ4n) is 1.60. The Kier molecular flexibility index (Phi) is 4.65. The number of sulfonamides is 1. The van der Waals surface area contributed by atoms with Gasteiger partial charge in [0.1, 0.15) is 5.69 Å². The summed E-state index contributed by atoms with van der Waals surface area (Å²) in [5.41, 5.74) is 4.60. The molecule has 1 atom stereocenters. The normalized spacial score (nSPS) is 12.9. The first kappa shape index (κ1) is 15.9. The molecule has 0 amide bonds. The first-order chi connectivity index (χ1) is 9.23. The highest BCUT2D eigenvalue weighted by molar-refractivity contribution is 7.89. The molecule has 0 bridgehead atoms. The Labute approximate surface area is 116 Å². The molecule has 0 saturated heterocycles.